The number of carbonyl (C=O) groups excluding carboxylic acids is 1. The lowest BCUT2D eigenvalue weighted by atomic mass is 10.1. The summed E-state index contributed by atoms with van der Waals surface area (Å²) >= 11 is 0. The molecule has 2 atom stereocenters. The normalized spacial score (nSPS) is 8.48. The molecule has 1 aromatic rings. The second kappa shape index (κ2) is 19.8. The number of benzene rings is 1. The maximum absolute atomic E-state index is 9.79. The molecule has 2 unspecified atom stereocenters. The minimum Gasteiger partial charge on any atom is -0.300 e. The smallest absolute Gasteiger partial charge is 0.133 e. The standard InChI is InChI=1S/C7H9P.C6H14.C3H7OP.C2H6/c1-6-3-2-4-7(8)5-6;1-4-6(3)5-2;1-3(4)2-5;1-2/h2-5H,8H2,1H3;6H,4-5H2,1-3H3;2,5H2,1H3;1-2H3. The lowest BCUT2D eigenvalue weighted by Crippen LogP contribution is -1.87. The van der Waals surface area contributed by atoms with Crippen molar-refractivity contribution in [1.29, 1.82) is 0 Å². The van der Waals surface area contributed by atoms with E-state index in [9.17, 15) is 4.79 Å². The Kier molecular flexibility index (Phi) is 24.2. The summed E-state index contributed by atoms with van der Waals surface area (Å²) in [6.07, 6.45) is 3.24. The zero-order chi connectivity index (χ0) is 17.3. The van der Waals surface area contributed by atoms with E-state index in [2.05, 4.69) is 70.4 Å². The van der Waals surface area contributed by atoms with Crippen molar-refractivity contribution >= 4 is 29.6 Å². The van der Waals surface area contributed by atoms with Crippen LogP contribution in [0.4, 0.5) is 0 Å². The molecule has 0 aliphatic heterocycles. The molecule has 0 amide bonds. The van der Waals surface area contributed by atoms with Gasteiger partial charge in [-0.1, -0.05) is 77.3 Å². The van der Waals surface area contributed by atoms with E-state index < -0.39 is 0 Å². The van der Waals surface area contributed by atoms with Crippen molar-refractivity contribution in [3.8, 4) is 0 Å². The molecular weight excluding hydrogens is 294 g/mol. The van der Waals surface area contributed by atoms with E-state index in [-0.39, 0.29) is 5.78 Å². The zero-order valence-corrected chi connectivity index (χ0v) is 17.4. The van der Waals surface area contributed by atoms with Crippen LogP contribution in [0.1, 0.15) is 59.9 Å². The molecule has 21 heavy (non-hydrogen) atoms. The van der Waals surface area contributed by atoms with Gasteiger partial charge in [0.1, 0.15) is 5.78 Å². The topological polar surface area (TPSA) is 17.1 Å². The Morgan fingerprint density at radius 3 is 1.76 bits per heavy atom. The van der Waals surface area contributed by atoms with Gasteiger partial charge < -0.3 is 0 Å². The zero-order valence-electron chi connectivity index (χ0n) is 15.1. The molecule has 0 bridgehead atoms. The van der Waals surface area contributed by atoms with E-state index in [0.29, 0.717) is 6.16 Å². The third-order valence-electron chi connectivity index (χ3n) is 2.72. The first kappa shape index (κ1) is 25.7. The van der Waals surface area contributed by atoms with Crippen molar-refractivity contribution in [3.05, 3.63) is 29.8 Å². The van der Waals surface area contributed by atoms with Crippen molar-refractivity contribution in [1.82, 2.24) is 0 Å². The lowest BCUT2D eigenvalue weighted by molar-refractivity contribution is -0.114. The largest absolute Gasteiger partial charge is 0.300 e. The van der Waals surface area contributed by atoms with Gasteiger partial charge in [-0.05, 0) is 25.1 Å². The monoisotopic (exact) mass is 330 g/mol. The maximum atomic E-state index is 9.79. The van der Waals surface area contributed by atoms with Crippen molar-refractivity contribution in [3.63, 3.8) is 0 Å². The van der Waals surface area contributed by atoms with Crippen molar-refractivity contribution in [2.45, 2.75) is 61.3 Å². The molecule has 1 nitrogen and oxygen atoms in total. The molecule has 1 aromatic carbocycles. The molecule has 0 aliphatic rings. The molecule has 0 heterocycles. The van der Waals surface area contributed by atoms with Gasteiger partial charge in [-0.25, -0.2) is 0 Å². The molecule has 0 saturated carbocycles. The van der Waals surface area contributed by atoms with E-state index in [1.54, 1.807) is 6.92 Å². The third kappa shape index (κ3) is 25.1. The van der Waals surface area contributed by atoms with Crippen molar-refractivity contribution in [2.24, 2.45) is 5.92 Å². The Bertz CT molecular complexity index is 316. The quantitative estimate of drug-likeness (QED) is 0.677. The first-order chi connectivity index (χ1) is 9.87. The number of rotatable bonds is 3. The van der Waals surface area contributed by atoms with Gasteiger partial charge in [-0.15, -0.1) is 18.5 Å². The average Bonchev–Trinajstić information content (AvgIpc) is 2.49. The summed E-state index contributed by atoms with van der Waals surface area (Å²) in [5.41, 5.74) is 1.32. The number of hydrogen-bond acceptors (Lipinski definition) is 1. The second-order valence-corrected chi connectivity index (χ2v) is 5.82. The van der Waals surface area contributed by atoms with Crippen LogP contribution in [0.5, 0.6) is 0 Å². The summed E-state index contributed by atoms with van der Waals surface area (Å²) in [4.78, 5) is 9.79. The van der Waals surface area contributed by atoms with Crippen LogP contribution < -0.4 is 5.30 Å². The molecule has 0 aliphatic carbocycles. The van der Waals surface area contributed by atoms with Crippen LogP contribution in [0.3, 0.4) is 0 Å². The number of aryl methyl sites for hydroxylation is 1. The average molecular weight is 330 g/mol. The molecular formula is C18H36OP2. The Morgan fingerprint density at radius 1 is 1.19 bits per heavy atom. The molecule has 1 rings (SSSR count). The first-order valence-electron chi connectivity index (χ1n) is 7.88. The fraction of sp³-hybridized carbons (Fsp3) is 0.611. The summed E-state index contributed by atoms with van der Waals surface area (Å²) < 4.78 is 0. The van der Waals surface area contributed by atoms with Crippen LogP contribution >= 0.6 is 18.5 Å². The summed E-state index contributed by atoms with van der Waals surface area (Å²) in [5.74, 6) is 1.15. The maximum Gasteiger partial charge on any atom is 0.133 e. The highest BCUT2D eigenvalue weighted by Gasteiger charge is 1.88. The van der Waals surface area contributed by atoms with Crippen LogP contribution in [0.25, 0.3) is 0 Å². The molecule has 3 heteroatoms. The number of carbonyl (C=O) groups is 1. The molecule has 0 saturated heterocycles. The molecule has 0 aromatic heterocycles. The molecule has 0 spiro atoms. The second-order valence-electron chi connectivity index (χ2n) is 4.74. The van der Waals surface area contributed by atoms with Gasteiger partial charge >= 0.3 is 0 Å². The summed E-state index contributed by atoms with van der Waals surface area (Å²) in [6.45, 7) is 14.4. The summed E-state index contributed by atoms with van der Waals surface area (Å²) in [6, 6.07) is 8.34. The van der Waals surface area contributed by atoms with Gasteiger partial charge in [-0.3, -0.25) is 4.79 Å². The molecule has 124 valence electrons. The van der Waals surface area contributed by atoms with Gasteiger partial charge in [0.2, 0.25) is 0 Å². The Labute approximate surface area is 138 Å². The van der Waals surface area contributed by atoms with Crippen LogP contribution in [0.15, 0.2) is 24.3 Å². The fourth-order valence-electron chi connectivity index (χ4n) is 0.959. The van der Waals surface area contributed by atoms with Crippen LogP contribution in [-0.2, 0) is 4.79 Å². The number of Topliss-reactive ketones (excluding diaryl/α,β-unsaturated/α-hetero) is 1. The summed E-state index contributed by atoms with van der Waals surface area (Å²) in [7, 11) is 5.01. The highest BCUT2D eigenvalue weighted by molar-refractivity contribution is 7.27. The highest BCUT2D eigenvalue weighted by Crippen LogP contribution is 2.02. The van der Waals surface area contributed by atoms with Crippen LogP contribution in [-0.4, -0.2) is 11.9 Å². The minimum absolute atomic E-state index is 0.218. The van der Waals surface area contributed by atoms with Gasteiger partial charge in [0.05, 0.1) is 0 Å². The molecule has 0 N–H and O–H groups in total. The minimum atomic E-state index is 0.218. The van der Waals surface area contributed by atoms with Gasteiger partial charge in [-0.2, -0.15) is 0 Å². The molecule has 0 fully saturated rings. The first-order valence-corrected chi connectivity index (χ1v) is 9.28. The van der Waals surface area contributed by atoms with E-state index >= 15 is 0 Å². The van der Waals surface area contributed by atoms with Gasteiger partial charge in [0, 0.05) is 6.16 Å². The van der Waals surface area contributed by atoms with Crippen molar-refractivity contribution in [2.75, 3.05) is 6.16 Å². The molecule has 0 radical (unpaired) electrons. The Hall–Kier alpha value is -0.250. The SMILES string of the molecule is CC.CC(=O)CP.CCC(C)CC.Cc1cccc(P)c1. The van der Waals surface area contributed by atoms with E-state index in [0.717, 1.165) is 5.92 Å². The van der Waals surface area contributed by atoms with E-state index in [1.165, 1.54) is 23.7 Å². The summed E-state index contributed by atoms with van der Waals surface area (Å²) in [5, 5.41) is 1.25. The van der Waals surface area contributed by atoms with E-state index in [4.69, 9.17) is 0 Å². The Morgan fingerprint density at radius 2 is 1.62 bits per heavy atom. The van der Waals surface area contributed by atoms with Crippen molar-refractivity contribution < 1.29 is 4.79 Å². The van der Waals surface area contributed by atoms with Gasteiger partial charge in [0.15, 0.2) is 0 Å². The predicted octanol–water partition coefficient (Wildman–Crippen LogP) is 5.41. The predicted molar refractivity (Wildman–Crippen MR) is 107 cm³/mol. The Balaban J connectivity index is -0.000000225. The van der Waals surface area contributed by atoms with E-state index in [1.807, 2.05) is 13.8 Å². The van der Waals surface area contributed by atoms with Gasteiger partial charge in [0.25, 0.3) is 0 Å². The lowest BCUT2D eigenvalue weighted by Gasteiger charge is -1.98. The fourth-order valence-corrected chi connectivity index (χ4v) is 1.33. The number of hydrogen-bond donors (Lipinski definition) is 0. The van der Waals surface area contributed by atoms with Crippen LogP contribution in [0, 0.1) is 12.8 Å². The van der Waals surface area contributed by atoms with Crippen LogP contribution in [0.2, 0.25) is 0 Å². The number of ketones is 1. The third-order valence-corrected chi connectivity index (χ3v) is 3.66. The highest BCUT2D eigenvalue weighted by atomic mass is 31.0.